The van der Waals surface area contributed by atoms with Gasteiger partial charge in [-0.3, -0.25) is 9.59 Å². The van der Waals surface area contributed by atoms with Gasteiger partial charge in [0.2, 0.25) is 11.8 Å². The first kappa shape index (κ1) is 19.0. The van der Waals surface area contributed by atoms with Crippen LogP contribution < -0.4 is 5.32 Å². The molecule has 1 atom stereocenters. The minimum atomic E-state index is -0.925. The van der Waals surface area contributed by atoms with E-state index in [1.807, 2.05) is 12.1 Å². The highest BCUT2D eigenvalue weighted by Gasteiger charge is 2.39. The number of hydrogen-bond acceptors (Lipinski definition) is 5. The molecule has 29 heavy (non-hydrogen) atoms. The summed E-state index contributed by atoms with van der Waals surface area (Å²) in [6, 6.07) is 7.04. The molecule has 1 aromatic carbocycles. The van der Waals surface area contributed by atoms with Crippen molar-refractivity contribution in [3.63, 3.8) is 0 Å². The number of carboxylic acids is 1. The van der Waals surface area contributed by atoms with E-state index in [1.54, 1.807) is 28.1 Å². The van der Waals surface area contributed by atoms with Crippen LogP contribution in [0.4, 0.5) is 10.5 Å². The summed E-state index contributed by atoms with van der Waals surface area (Å²) in [7, 11) is 0. The lowest BCUT2D eigenvalue weighted by atomic mass is 10.0. The predicted molar refractivity (Wildman–Crippen MR) is 103 cm³/mol. The van der Waals surface area contributed by atoms with Crippen LogP contribution in [0.25, 0.3) is 11.5 Å². The summed E-state index contributed by atoms with van der Waals surface area (Å²) < 4.78 is 5.25. The molecule has 1 unspecified atom stereocenters. The van der Waals surface area contributed by atoms with Gasteiger partial charge >= 0.3 is 12.0 Å². The summed E-state index contributed by atoms with van der Waals surface area (Å²) in [5.74, 6) is -1.13. The molecule has 3 heterocycles. The van der Waals surface area contributed by atoms with E-state index in [0.717, 1.165) is 5.56 Å². The van der Waals surface area contributed by atoms with Crippen LogP contribution in [0.5, 0.6) is 0 Å². The zero-order valence-electron chi connectivity index (χ0n) is 15.8. The van der Waals surface area contributed by atoms with Crippen LogP contribution in [0.1, 0.15) is 19.3 Å². The Kier molecular flexibility index (Phi) is 5.20. The van der Waals surface area contributed by atoms with Gasteiger partial charge in [0.1, 0.15) is 6.26 Å². The maximum atomic E-state index is 12.5. The molecule has 2 aliphatic heterocycles. The highest BCUT2D eigenvalue weighted by Crippen LogP contribution is 2.26. The van der Waals surface area contributed by atoms with E-state index in [0.29, 0.717) is 37.5 Å². The number of nitrogens with one attached hydrogen (secondary N) is 1. The Morgan fingerprint density at radius 2 is 1.90 bits per heavy atom. The number of carbonyl (C=O) groups excluding carboxylic acids is 2. The maximum Gasteiger partial charge on any atom is 0.321 e. The lowest BCUT2D eigenvalue weighted by Crippen LogP contribution is -2.48. The van der Waals surface area contributed by atoms with E-state index >= 15 is 0 Å². The lowest BCUT2D eigenvalue weighted by molar-refractivity contribution is -0.141. The highest BCUT2D eigenvalue weighted by atomic mass is 16.4. The number of aromatic nitrogens is 1. The topological polar surface area (TPSA) is 116 Å². The second-order valence-corrected chi connectivity index (χ2v) is 7.35. The largest absolute Gasteiger partial charge is 0.481 e. The molecule has 0 saturated carbocycles. The zero-order chi connectivity index (χ0) is 20.4. The zero-order valence-corrected chi connectivity index (χ0v) is 15.8. The maximum absolute atomic E-state index is 12.5. The number of likely N-dealkylation sites (tertiary alicyclic amines) is 2. The number of anilines is 1. The summed E-state index contributed by atoms with van der Waals surface area (Å²) in [5, 5.41) is 12.0. The molecule has 4 rings (SSSR count). The van der Waals surface area contributed by atoms with Crippen LogP contribution in [-0.4, -0.2) is 63.5 Å². The Balaban J connectivity index is 1.29. The van der Waals surface area contributed by atoms with Crippen molar-refractivity contribution < 1.29 is 23.9 Å². The number of carbonyl (C=O) groups is 3. The van der Waals surface area contributed by atoms with Crippen LogP contribution in [0.3, 0.4) is 0 Å². The van der Waals surface area contributed by atoms with Crippen molar-refractivity contribution in [1.29, 1.82) is 0 Å². The molecule has 2 fully saturated rings. The first-order valence-corrected chi connectivity index (χ1v) is 9.59. The molecular weight excluding hydrogens is 376 g/mol. The molecule has 0 spiro atoms. The molecule has 152 valence electrons. The second-order valence-electron chi connectivity index (χ2n) is 7.35. The normalized spacial score (nSPS) is 20.1. The number of benzene rings is 1. The standard InChI is InChI=1S/C20H22N4O5/c25-17-11-14(19(26)27)12-24(17)16-5-8-23(9-6-16)20(28)22-15-3-1-13(2-4-15)18-21-7-10-29-18/h1-4,7,10,14,16H,5-6,8-9,11-12H2,(H,22,28)(H,26,27). The Morgan fingerprint density at radius 1 is 1.17 bits per heavy atom. The molecule has 1 aromatic heterocycles. The van der Waals surface area contributed by atoms with Gasteiger partial charge in [-0.05, 0) is 37.1 Å². The molecule has 0 radical (unpaired) electrons. The van der Waals surface area contributed by atoms with E-state index in [9.17, 15) is 14.4 Å². The fourth-order valence-corrected chi connectivity index (χ4v) is 3.90. The van der Waals surface area contributed by atoms with Crippen molar-refractivity contribution in [2.24, 2.45) is 5.92 Å². The van der Waals surface area contributed by atoms with Gasteiger partial charge in [0.25, 0.3) is 0 Å². The van der Waals surface area contributed by atoms with Crippen molar-refractivity contribution in [1.82, 2.24) is 14.8 Å². The van der Waals surface area contributed by atoms with Crippen LogP contribution in [0.15, 0.2) is 41.1 Å². The smallest absolute Gasteiger partial charge is 0.321 e. The molecule has 2 N–H and O–H groups in total. The number of carboxylic acid groups (broad SMARTS) is 1. The number of piperidine rings is 1. The number of hydrogen-bond donors (Lipinski definition) is 2. The number of urea groups is 1. The number of amides is 3. The first-order valence-electron chi connectivity index (χ1n) is 9.59. The SMILES string of the molecule is O=C(O)C1CC(=O)N(C2CCN(C(=O)Nc3ccc(-c4ncco4)cc3)CC2)C1. The Bertz CT molecular complexity index is 888. The van der Waals surface area contributed by atoms with Gasteiger partial charge in [0.05, 0.1) is 12.1 Å². The van der Waals surface area contributed by atoms with Crippen molar-refractivity contribution in [3.05, 3.63) is 36.7 Å². The molecule has 3 amide bonds. The van der Waals surface area contributed by atoms with Crippen molar-refractivity contribution in [2.75, 3.05) is 25.0 Å². The Labute approximate surface area is 167 Å². The summed E-state index contributed by atoms with van der Waals surface area (Å²) in [6.07, 6.45) is 4.45. The van der Waals surface area contributed by atoms with Crippen molar-refractivity contribution >= 4 is 23.6 Å². The van der Waals surface area contributed by atoms with Gasteiger partial charge in [-0.1, -0.05) is 0 Å². The van der Waals surface area contributed by atoms with Crippen molar-refractivity contribution in [3.8, 4) is 11.5 Å². The fourth-order valence-electron chi connectivity index (χ4n) is 3.90. The third-order valence-corrected chi connectivity index (χ3v) is 5.52. The fraction of sp³-hybridized carbons (Fsp3) is 0.400. The Morgan fingerprint density at radius 3 is 2.48 bits per heavy atom. The van der Waals surface area contributed by atoms with E-state index in [-0.39, 0.29) is 30.9 Å². The molecule has 0 aliphatic carbocycles. The molecule has 0 bridgehead atoms. The highest BCUT2D eigenvalue weighted by molar-refractivity contribution is 5.90. The third-order valence-electron chi connectivity index (χ3n) is 5.52. The summed E-state index contributed by atoms with van der Waals surface area (Å²) in [5.41, 5.74) is 1.50. The molecule has 9 nitrogen and oxygen atoms in total. The van der Waals surface area contributed by atoms with Crippen LogP contribution in [0.2, 0.25) is 0 Å². The molecule has 2 saturated heterocycles. The number of aliphatic carboxylic acids is 1. The van der Waals surface area contributed by atoms with Gasteiger partial charge in [-0.25, -0.2) is 9.78 Å². The summed E-state index contributed by atoms with van der Waals surface area (Å²) in [6.45, 7) is 1.31. The van der Waals surface area contributed by atoms with Gasteiger partial charge in [-0.15, -0.1) is 0 Å². The molecular formula is C20H22N4O5. The average Bonchev–Trinajstić information content (AvgIpc) is 3.39. The predicted octanol–water partition coefficient (Wildman–Crippen LogP) is 2.27. The van der Waals surface area contributed by atoms with Gasteiger partial charge in [0, 0.05) is 43.3 Å². The summed E-state index contributed by atoms with van der Waals surface area (Å²) in [4.78, 5) is 43.3. The lowest BCUT2D eigenvalue weighted by Gasteiger charge is -2.36. The van der Waals surface area contributed by atoms with Gasteiger partial charge in [0.15, 0.2) is 0 Å². The van der Waals surface area contributed by atoms with E-state index in [4.69, 9.17) is 9.52 Å². The third kappa shape index (κ3) is 4.08. The first-order chi connectivity index (χ1) is 14.0. The van der Waals surface area contributed by atoms with Gasteiger partial charge in [-0.2, -0.15) is 0 Å². The molecule has 9 heteroatoms. The van der Waals surface area contributed by atoms with E-state index in [2.05, 4.69) is 10.3 Å². The quantitative estimate of drug-likeness (QED) is 0.816. The monoisotopic (exact) mass is 398 g/mol. The number of rotatable bonds is 4. The minimum absolute atomic E-state index is 0.00372. The van der Waals surface area contributed by atoms with E-state index in [1.165, 1.54) is 6.26 Å². The minimum Gasteiger partial charge on any atom is -0.481 e. The van der Waals surface area contributed by atoms with Gasteiger partial charge < -0.3 is 24.6 Å². The van der Waals surface area contributed by atoms with Crippen LogP contribution in [0, 0.1) is 5.92 Å². The second kappa shape index (κ2) is 7.94. The molecule has 2 aliphatic rings. The number of nitrogens with zero attached hydrogens (tertiary/aromatic N) is 3. The summed E-state index contributed by atoms with van der Waals surface area (Å²) >= 11 is 0. The molecule has 2 aromatic rings. The Hall–Kier alpha value is -3.36. The van der Waals surface area contributed by atoms with Crippen LogP contribution >= 0.6 is 0 Å². The van der Waals surface area contributed by atoms with Crippen molar-refractivity contribution in [2.45, 2.75) is 25.3 Å². The average molecular weight is 398 g/mol. The van der Waals surface area contributed by atoms with Crippen LogP contribution in [-0.2, 0) is 9.59 Å². The number of oxazole rings is 1. The van der Waals surface area contributed by atoms with E-state index < -0.39 is 11.9 Å².